The molecule has 0 saturated carbocycles. The Hall–Kier alpha value is -2.89. The van der Waals surface area contributed by atoms with Gasteiger partial charge in [-0.25, -0.2) is 9.97 Å². The van der Waals surface area contributed by atoms with Gasteiger partial charge in [0.2, 0.25) is 0 Å². The Labute approximate surface area is 160 Å². The van der Waals surface area contributed by atoms with Crippen molar-refractivity contribution in [3.63, 3.8) is 0 Å². The third-order valence-electron chi connectivity index (χ3n) is 4.62. The third-order valence-corrected chi connectivity index (χ3v) is 4.62. The second kappa shape index (κ2) is 9.16. The number of benzene rings is 1. The van der Waals surface area contributed by atoms with E-state index in [0.29, 0.717) is 18.1 Å². The van der Waals surface area contributed by atoms with Crippen molar-refractivity contribution in [2.75, 3.05) is 19.0 Å². The topological polar surface area (TPSA) is 76.1 Å². The molecule has 1 aromatic carbocycles. The Morgan fingerprint density at radius 1 is 1.22 bits per heavy atom. The van der Waals surface area contributed by atoms with Gasteiger partial charge in [0.15, 0.2) is 0 Å². The van der Waals surface area contributed by atoms with Gasteiger partial charge in [-0.05, 0) is 56.7 Å². The first-order valence-electron chi connectivity index (χ1n) is 9.35. The lowest BCUT2D eigenvalue weighted by Gasteiger charge is -2.13. The molecule has 0 aliphatic heterocycles. The summed E-state index contributed by atoms with van der Waals surface area (Å²) in [5.74, 6) is 1.09. The van der Waals surface area contributed by atoms with Gasteiger partial charge in [0.05, 0.1) is 25.2 Å². The molecule has 0 fully saturated rings. The minimum Gasteiger partial charge on any atom is -0.495 e. The second-order valence-electron chi connectivity index (χ2n) is 6.73. The summed E-state index contributed by atoms with van der Waals surface area (Å²) in [5, 5.41) is 6.10. The molecule has 1 heterocycles. The number of allylic oxidation sites excluding steroid dienone is 1. The highest BCUT2D eigenvalue weighted by molar-refractivity contribution is 5.92. The van der Waals surface area contributed by atoms with Gasteiger partial charge in [-0.1, -0.05) is 17.7 Å². The van der Waals surface area contributed by atoms with Crippen molar-refractivity contribution in [3.8, 4) is 5.75 Å². The molecular weight excluding hydrogens is 340 g/mol. The Morgan fingerprint density at radius 2 is 2.11 bits per heavy atom. The van der Waals surface area contributed by atoms with Crippen molar-refractivity contribution in [1.29, 1.82) is 0 Å². The molecule has 142 valence electrons. The maximum absolute atomic E-state index is 12.2. The molecule has 27 heavy (non-hydrogen) atoms. The average Bonchev–Trinajstić information content (AvgIpc) is 2.69. The molecule has 0 unspecified atom stereocenters. The first-order valence-corrected chi connectivity index (χ1v) is 9.35. The zero-order valence-electron chi connectivity index (χ0n) is 15.9. The first kappa shape index (κ1) is 18.9. The molecule has 1 amide bonds. The number of rotatable bonds is 7. The number of ether oxygens (including phenoxy) is 1. The number of amides is 1. The van der Waals surface area contributed by atoms with Crippen LogP contribution >= 0.6 is 0 Å². The highest BCUT2D eigenvalue weighted by Gasteiger charge is 2.10. The van der Waals surface area contributed by atoms with Gasteiger partial charge in [0, 0.05) is 6.54 Å². The van der Waals surface area contributed by atoms with Gasteiger partial charge in [0.25, 0.3) is 5.91 Å². The van der Waals surface area contributed by atoms with Crippen LogP contribution in [0.4, 0.5) is 11.5 Å². The molecule has 6 nitrogen and oxygen atoms in total. The van der Waals surface area contributed by atoms with E-state index in [0.717, 1.165) is 36.3 Å². The van der Waals surface area contributed by atoms with Crippen LogP contribution in [0.25, 0.3) is 0 Å². The molecule has 1 aromatic heterocycles. The molecule has 0 saturated heterocycles. The van der Waals surface area contributed by atoms with E-state index in [1.54, 1.807) is 13.3 Å². The average molecular weight is 366 g/mol. The minimum atomic E-state index is -0.196. The van der Waals surface area contributed by atoms with Crippen molar-refractivity contribution >= 4 is 17.4 Å². The summed E-state index contributed by atoms with van der Waals surface area (Å²) in [6.07, 6.45) is 11.1. The van der Waals surface area contributed by atoms with Crippen molar-refractivity contribution < 1.29 is 9.53 Å². The maximum Gasteiger partial charge on any atom is 0.271 e. The quantitative estimate of drug-likeness (QED) is 0.720. The number of anilines is 2. The number of nitrogens with one attached hydrogen (secondary N) is 2. The van der Waals surface area contributed by atoms with Gasteiger partial charge in [-0.2, -0.15) is 0 Å². The fraction of sp³-hybridized carbons (Fsp3) is 0.381. The molecule has 1 aliphatic rings. The van der Waals surface area contributed by atoms with Crippen LogP contribution in [0, 0.1) is 6.92 Å². The Morgan fingerprint density at radius 3 is 2.81 bits per heavy atom. The largest absolute Gasteiger partial charge is 0.495 e. The molecule has 6 heteroatoms. The fourth-order valence-electron chi connectivity index (χ4n) is 3.13. The van der Waals surface area contributed by atoms with E-state index in [9.17, 15) is 4.79 Å². The van der Waals surface area contributed by atoms with Crippen LogP contribution in [0.1, 0.15) is 48.2 Å². The van der Waals surface area contributed by atoms with Crippen LogP contribution in [-0.2, 0) is 0 Å². The third kappa shape index (κ3) is 5.29. The summed E-state index contributed by atoms with van der Waals surface area (Å²) >= 11 is 0. The summed E-state index contributed by atoms with van der Waals surface area (Å²) in [6, 6.07) is 5.85. The molecule has 2 N–H and O–H groups in total. The standard InChI is InChI=1S/C21H26N4O2/c1-15-8-9-19(27-2)17(12-15)25-20-14-23-18(13-24-20)21(26)22-11-10-16-6-4-3-5-7-16/h6,8-9,12-14H,3-5,7,10-11H2,1-2H3,(H,22,26)(H,24,25). The minimum absolute atomic E-state index is 0.196. The molecule has 1 aliphatic carbocycles. The van der Waals surface area contributed by atoms with E-state index in [-0.39, 0.29) is 5.91 Å². The monoisotopic (exact) mass is 366 g/mol. The smallest absolute Gasteiger partial charge is 0.271 e. The van der Waals surface area contributed by atoms with Gasteiger partial charge < -0.3 is 15.4 Å². The zero-order valence-corrected chi connectivity index (χ0v) is 15.9. The van der Waals surface area contributed by atoms with Crippen molar-refractivity contribution in [3.05, 3.63) is 53.5 Å². The second-order valence-corrected chi connectivity index (χ2v) is 6.73. The lowest BCUT2D eigenvalue weighted by atomic mass is 9.97. The molecule has 0 bridgehead atoms. The van der Waals surface area contributed by atoms with Crippen LogP contribution in [0.15, 0.2) is 42.2 Å². The fourth-order valence-corrected chi connectivity index (χ4v) is 3.13. The number of nitrogens with zero attached hydrogens (tertiary/aromatic N) is 2. The highest BCUT2D eigenvalue weighted by atomic mass is 16.5. The number of hydrogen-bond donors (Lipinski definition) is 2. The summed E-state index contributed by atoms with van der Waals surface area (Å²) in [6.45, 7) is 2.64. The Balaban J connectivity index is 1.56. The molecule has 2 aromatic rings. The number of carbonyl (C=O) groups excluding carboxylic acids is 1. The Kier molecular flexibility index (Phi) is 6.41. The van der Waals surface area contributed by atoms with E-state index in [4.69, 9.17) is 4.74 Å². The van der Waals surface area contributed by atoms with E-state index in [1.165, 1.54) is 24.6 Å². The first-order chi connectivity index (χ1) is 13.2. The molecule has 0 radical (unpaired) electrons. The summed E-state index contributed by atoms with van der Waals surface area (Å²) < 4.78 is 5.35. The summed E-state index contributed by atoms with van der Waals surface area (Å²) in [7, 11) is 1.62. The van der Waals surface area contributed by atoms with Crippen molar-refractivity contribution in [1.82, 2.24) is 15.3 Å². The summed E-state index contributed by atoms with van der Waals surface area (Å²) in [4.78, 5) is 20.7. The van der Waals surface area contributed by atoms with E-state index >= 15 is 0 Å². The van der Waals surface area contributed by atoms with Gasteiger partial charge in [0.1, 0.15) is 17.3 Å². The number of methoxy groups -OCH3 is 1. The number of hydrogen-bond acceptors (Lipinski definition) is 5. The van der Waals surface area contributed by atoms with Crippen LogP contribution < -0.4 is 15.4 Å². The predicted octanol–water partition coefficient (Wildman–Crippen LogP) is 4.16. The van der Waals surface area contributed by atoms with Crippen molar-refractivity contribution in [2.24, 2.45) is 0 Å². The zero-order chi connectivity index (χ0) is 19.1. The van der Waals surface area contributed by atoms with Gasteiger partial charge in [-0.3, -0.25) is 4.79 Å². The maximum atomic E-state index is 12.2. The van der Waals surface area contributed by atoms with Gasteiger partial charge in [-0.15, -0.1) is 0 Å². The SMILES string of the molecule is COc1ccc(C)cc1Nc1cnc(C(=O)NCCC2=CCCCC2)cn1. The summed E-state index contributed by atoms with van der Waals surface area (Å²) in [5.41, 5.74) is 3.67. The molecular formula is C21H26N4O2. The van der Waals surface area contributed by atoms with E-state index in [1.807, 2.05) is 25.1 Å². The van der Waals surface area contributed by atoms with Crippen LogP contribution in [0.5, 0.6) is 5.75 Å². The van der Waals surface area contributed by atoms with E-state index in [2.05, 4.69) is 26.7 Å². The number of aromatic nitrogens is 2. The lowest BCUT2D eigenvalue weighted by molar-refractivity contribution is 0.0948. The molecule has 0 atom stereocenters. The predicted molar refractivity (Wildman–Crippen MR) is 107 cm³/mol. The normalized spacial score (nSPS) is 13.6. The van der Waals surface area contributed by atoms with Crippen LogP contribution in [0.3, 0.4) is 0 Å². The van der Waals surface area contributed by atoms with E-state index < -0.39 is 0 Å². The lowest BCUT2D eigenvalue weighted by Crippen LogP contribution is -2.26. The number of carbonyl (C=O) groups is 1. The van der Waals surface area contributed by atoms with Crippen LogP contribution in [0.2, 0.25) is 0 Å². The number of aryl methyl sites for hydroxylation is 1. The van der Waals surface area contributed by atoms with Crippen molar-refractivity contribution in [2.45, 2.75) is 39.0 Å². The molecule has 0 spiro atoms. The van der Waals surface area contributed by atoms with Crippen LogP contribution in [-0.4, -0.2) is 29.5 Å². The Bertz CT molecular complexity index is 815. The highest BCUT2D eigenvalue weighted by Crippen LogP contribution is 2.27. The molecule has 3 rings (SSSR count). The van der Waals surface area contributed by atoms with Gasteiger partial charge >= 0.3 is 0 Å².